The Labute approximate surface area is 108 Å². The van der Waals surface area contributed by atoms with E-state index < -0.39 is 0 Å². The van der Waals surface area contributed by atoms with Crippen LogP contribution in [0.2, 0.25) is 5.15 Å². The number of nitrogens with one attached hydrogen (secondary N) is 1. The average molecular weight is 260 g/mol. The Morgan fingerprint density at radius 3 is 2.94 bits per heavy atom. The molecule has 0 fully saturated rings. The third kappa shape index (κ3) is 1.89. The number of hydrogen-bond acceptors (Lipinski definition) is 4. The van der Waals surface area contributed by atoms with Crippen molar-refractivity contribution in [2.24, 2.45) is 0 Å². The van der Waals surface area contributed by atoms with Crippen LogP contribution in [0, 0.1) is 6.92 Å². The molecule has 1 aromatic carbocycles. The van der Waals surface area contributed by atoms with Crippen molar-refractivity contribution in [3.63, 3.8) is 0 Å². The molecule has 18 heavy (non-hydrogen) atoms. The molecule has 1 N–H and O–H groups in total. The van der Waals surface area contributed by atoms with Crippen LogP contribution in [-0.4, -0.2) is 19.6 Å². The zero-order chi connectivity index (χ0) is 12.5. The fraction of sp³-hybridized carbons (Fsp3) is 0.0833. The molecule has 6 heteroatoms. The molecule has 0 aliphatic rings. The van der Waals surface area contributed by atoms with Crippen LogP contribution in [0.4, 0.5) is 11.5 Å². The highest BCUT2D eigenvalue weighted by molar-refractivity contribution is 6.29. The number of para-hydroxylation sites is 1. The summed E-state index contributed by atoms with van der Waals surface area (Å²) in [5.41, 5.74) is 2.13. The molecule has 0 saturated heterocycles. The summed E-state index contributed by atoms with van der Waals surface area (Å²) in [6.45, 7) is 2.03. The van der Waals surface area contributed by atoms with Crippen molar-refractivity contribution in [3.8, 4) is 0 Å². The van der Waals surface area contributed by atoms with E-state index in [2.05, 4.69) is 20.4 Å². The lowest BCUT2D eigenvalue weighted by Gasteiger charge is -2.10. The molecule has 2 aromatic heterocycles. The Balaban J connectivity index is 2.10. The number of aromatic nitrogens is 4. The largest absolute Gasteiger partial charge is 0.340 e. The molecule has 0 bridgehead atoms. The van der Waals surface area contributed by atoms with E-state index in [1.54, 1.807) is 10.6 Å². The molecule has 2 heterocycles. The van der Waals surface area contributed by atoms with E-state index in [0.29, 0.717) is 10.9 Å². The average Bonchev–Trinajstić information content (AvgIpc) is 2.80. The second-order valence-electron chi connectivity index (χ2n) is 3.88. The lowest BCUT2D eigenvalue weighted by atomic mass is 10.2. The summed E-state index contributed by atoms with van der Waals surface area (Å²) in [5.74, 6) is 1.20. The Morgan fingerprint density at radius 1 is 1.28 bits per heavy atom. The highest BCUT2D eigenvalue weighted by Gasteiger charge is 2.07. The van der Waals surface area contributed by atoms with E-state index in [4.69, 9.17) is 11.6 Å². The Kier molecular flexibility index (Phi) is 2.60. The van der Waals surface area contributed by atoms with Crippen molar-refractivity contribution in [2.45, 2.75) is 6.92 Å². The summed E-state index contributed by atoms with van der Waals surface area (Å²) in [6, 6.07) is 9.70. The molecule has 0 amide bonds. The van der Waals surface area contributed by atoms with Crippen LogP contribution in [0.1, 0.15) is 5.56 Å². The van der Waals surface area contributed by atoms with Gasteiger partial charge < -0.3 is 5.32 Å². The number of nitrogens with zero attached hydrogens (tertiary/aromatic N) is 4. The fourth-order valence-electron chi connectivity index (χ4n) is 1.72. The van der Waals surface area contributed by atoms with E-state index in [1.807, 2.05) is 31.2 Å². The third-order valence-corrected chi connectivity index (χ3v) is 2.82. The van der Waals surface area contributed by atoms with Crippen LogP contribution in [0.15, 0.2) is 36.7 Å². The molecule has 0 aliphatic heterocycles. The first kappa shape index (κ1) is 11.0. The number of aryl methyl sites for hydroxylation is 1. The van der Waals surface area contributed by atoms with Gasteiger partial charge in [0, 0.05) is 11.8 Å². The van der Waals surface area contributed by atoms with Crippen LogP contribution in [0.5, 0.6) is 0 Å². The normalized spacial score (nSPS) is 10.8. The van der Waals surface area contributed by atoms with Gasteiger partial charge in [-0.05, 0) is 18.6 Å². The van der Waals surface area contributed by atoms with E-state index in [9.17, 15) is 0 Å². The van der Waals surface area contributed by atoms with Gasteiger partial charge in [0.05, 0.1) is 0 Å². The van der Waals surface area contributed by atoms with E-state index in [1.165, 1.54) is 6.33 Å². The Morgan fingerprint density at radius 2 is 2.11 bits per heavy atom. The van der Waals surface area contributed by atoms with Gasteiger partial charge >= 0.3 is 0 Å². The summed E-state index contributed by atoms with van der Waals surface area (Å²) in [6.07, 6.45) is 1.45. The molecule has 0 aliphatic carbocycles. The highest BCUT2D eigenvalue weighted by Crippen LogP contribution is 2.21. The summed E-state index contributed by atoms with van der Waals surface area (Å²) in [7, 11) is 0. The van der Waals surface area contributed by atoms with Crippen molar-refractivity contribution >= 4 is 28.9 Å². The highest BCUT2D eigenvalue weighted by atomic mass is 35.5. The first-order valence-electron chi connectivity index (χ1n) is 5.43. The Bertz CT molecular complexity index is 707. The number of halogens is 1. The zero-order valence-electron chi connectivity index (χ0n) is 9.63. The van der Waals surface area contributed by atoms with Crippen LogP contribution in [-0.2, 0) is 0 Å². The molecule has 3 rings (SSSR count). The van der Waals surface area contributed by atoms with Gasteiger partial charge in [0.15, 0.2) is 0 Å². The van der Waals surface area contributed by atoms with E-state index in [-0.39, 0.29) is 0 Å². The fourth-order valence-corrected chi connectivity index (χ4v) is 1.90. The SMILES string of the molecule is Cc1ccccc1Nc1cc(Cl)nc2ncnn12. The first-order valence-corrected chi connectivity index (χ1v) is 5.81. The molecular formula is C12H10ClN5. The van der Waals surface area contributed by atoms with Crippen LogP contribution < -0.4 is 5.32 Å². The smallest absolute Gasteiger partial charge is 0.255 e. The predicted octanol–water partition coefficient (Wildman–Crippen LogP) is 2.83. The minimum atomic E-state index is 0.381. The predicted molar refractivity (Wildman–Crippen MR) is 70.3 cm³/mol. The third-order valence-electron chi connectivity index (χ3n) is 2.63. The molecule has 0 saturated carbocycles. The molecule has 0 unspecified atom stereocenters. The van der Waals surface area contributed by atoms with Gasteiger partial charge in [-0.15, -0.1) is 0 Å². The van der Waals surface area contributed by atoms with Crippen molar-refractivity contribution in [3.05, 3.63) is 47.4 Å². The number of rotatable bonds is 2. The maximum Gasteiger partial charge on any atom is 0.255 e. The second kappa shape index (κ2) is 4.27. The standard InChI is InChI=1S/C12H10ClN5/c1-8-4-2-3-5-9(8)16-11-6-10(13)17-12-14-7-15-18(11)12/h2-7,16H,1H3. The minimum Gasteiger partial charge on any atom is -0.340 e. The number of fused-ring (bicyclic) bond motifs is 1. The summed E-state index contributed by atoms with van der Waals surface area (Å²) < 4.78 is 1.61. The first-order chi connectivity index (χ1) is 8.74. The molecular weight excluding hydrogens is 250 g/mol. The summed E-state index contributed by atoms with van der Waals surface area (Å²) >= 11 is 5.95. The van der Waals surface area contributed by atoms with Crippen LogP contribution in [0.3, 0.4) is 0 Å². The van der Waals surface area contributed by atoms with Gasteiger partial charge in [-0.3, -0.25) is 0 Å². The summed E-state index contributed by atoms with van der Waals surface area (Å²) in [5, 5.41) is 7.77. The topological polar surface area (TPSA) is 55.1 Å². The van der Waals surface area contributed by atoms with Gasteiger partial charge in [0.1, 0.15) is 17.3 Å². The van der Waals surface area contributed by atoms with Crippen molar-refractivity contribution in [1.29, 1.82) is 0 Å². The van der Waals surface area contributed by atoms with Gasteiger partial charge in [0.2, 0.25) is 0 Å². The minimum absolute atomic E-state index is 0.381. The monoisotopic (exact) mass is 259 g/mol. The summed E-state index contributed by atoms with van der Waals surface area (Å²) in [4.78, 5) is 8.10. The van der Waals surface area contributed by atoms with Crippen LogP contribution in [0.25, 0.3) is 5.78 Å². The van der Waals surface area contributed by atoms with Crippen molar-refractivity contribution in [2.75, 3.05) is 5.32 Å². The lowest BCUT2D eigenvalue weighted by Crippen LogP contribution is -2.02. The van der Waals surface area contributed by atoms with Gasteiger partial charge in [0.25, 0.3) is 5.78 Å². The molecule has 90 valence electrons. The zero-order valence-corrected chi connectivity index (χ0v) is 10.4. The van der Waals surface area contributed by atoms with E-state index in [0.717, 1.165) is 17.1 Å². The molecule has 0 radical (unpaired) electrons. The van der Waals surface area contributed by atoms with Gasteiger partial charge in [-0.2, -0.15) is 19.6 Å². The van der Waals surface area contributed by atoms with Gasteiger partial charge in [-0.1, -0.05) is 29.8 Å². The maximum absolute atomic E-state index is 5.95. The van der Waals surface area contributed by atoms with Gasteiger partial charge in [-0.25, -0.2) is 0 Å². The van der Waals surface area contributed by atoms with Crippen molar-refractivity contribution < 1.29 is 0 Å². The molecule has 5 nitrogen and oxygen atoms in total. The number of benzene rings is 1. The maximum atomic E-state index is 5.95. The molecule has 3 aromatic rings. The number of anilines is 2. The van der Waals surface area contributed by atoms with Crippen molar-refractivity contribution in [1.82, 2.24) is 19.6 Å². The Hall–Kier alpha value is -2.14. The quantitative estimate of drug-likeness (QED) is 0.719. The van der Waals surface area contributed by atoms with Crippen LogP contribution >= 0.6 is 11.6 Å². The number of hydrogen-bond donors (Lipinski definition) is 1. The lowest BCUT2D eigenvalue weighted by molar-refractivity contribution is 0.947. The van der Waals surface area contributed by atoms with E-state index >= 15 is 0 Å². The molecule has 0 spiro atoms. The second-order valence-corrected chi connectivity index (χ2v) is 4.26. The molecule has 0 atom stereocenters.